The van der Waals surface area contributed by atoms with Gasteiger partial charge in [0.15, 0.2) is 5.76 Å². The van der Waals surface area contributed by atoms with Crippen molar-refractivity contribution in [3.63, 3.8) is 0 Å². The third-order valence-electron chi connectivity index (χ3n) is 4.23. The second-order valence-corrected chi connectivity index (χ2v) is 5.87. The van der Waals surface area contributed by atoms with Crippen LogP contribution in [0.15, 0.2) is 34.6 Å². The zero-order valence-corrected chi connectivity index (χ0v) is 12.7. The van der Waals surface area contributed by atoms with Gasteiger partial charge in [-0.3, -0.25) is 4.79 Å². The monoisotopic (exact) mass is 303 g/mol. The van der Waals surface area contributed by atoms with Crippen LogP contribution < -0.4 is 5.32 Å². The molecule has 3 rings (SSSR count). The zero-order chi connectivity index (χ0) is 15.5. The lowest BCUT2D eigenvalue weighted by Crippen LogP contribution is -2.52. The molecule has 6 heteroatoms. The van der Waals surface area contributed by atoms with Gasteiger partial charge in [-0.15, -0.1) is 0 Å². The molecule has 3 amide bonds. The van der Waals surface area contributed by atoms with Crippen molar-refractivity contribution < 1.29 is 14.0 Å². The Morgan fingerprint density at radius 1 is 1.23 bits per heavy atom. The van der Waals surface area contributed by atoms with Gasteiger partial charge in [0.25, 0.3) is 5.91 Å². The lowest BCUT2D eigenvalue weighted by molar-refractivity contribution is 0.0635. The van der Waals surface area contributed by atoms with E-state index < -0.39 is 0 Å². The Balaban J connectivity index is 1.47. The lowest BCUT2D eigenvalue weighted by atomic mass is 10.2. The molecule has 2 heterocycles. The van der Waals surface area contributed by atoms with E-state index in [9.17, 15) is 9.59 Å². The molecule has 1 saturated carbocycles. The van der Waals surface area contributed by atoms with Crippen molar-refractivity contribution in [1.29, 1.82) is 0 Å². The highest BCUT2D eigenvalue weighted by Crippen LogP contribution is 2.35. The first-order valence-corrected chi connectivity index (χ1v) is 7.70. The SMILES string of the molecule is C/C(=C\NC(=O)N1CCN(C(=O)c2ccco2)CC1)C1CC1. The van der Waals surface area contributed by atoms with Crippen LogP contribution in [0.5, 0.6) is 0 Å². The largest absolute Gasteiger partial charge is 0.459 e. The maximum absolute atomic E-state index is 12.1. The van der Waals surface area contributed by atoms with Crippen LogP contribution in [-0.4, -0.2) is 47.9 Å². The van der Waals surface area contributed by atoms with Gasteiger partial charge in [0.05, 0.1) is 6.26 Å². The fourth-order valence-electron chi connectivity index (χ4n) is 2.59. The normalized spacial score (nSPS) is 19.2. The van der Waals surface area contributed by atoms with Crippen molar-refractivity contribution in [2.75, 3.05) is 26.2 Å². The molecule has 1 aromatic heterocycles. The molecule has 2 aliphatic rings. The van der Waals surface area contributed by atoms with E-state index >= 15 is 0 Å². The van der Waals surface area contributed by atoms with Crippen LogP contribution in [-0.2, 0) is 0 Å². The second kappa shape index (κ2) is 6.25. The van der Waals surface area contributed by atoms with Gasteiger partial charge in [-0.2, -0.15) is 0 Å². The highest BCUT2D eigenvalue weighted by atomic mass is 16.3. The molecule has 6 nitrogen and oxygen atoms in total. The molecule has 118 valence electrons. The first-order valence-electron chi connectivity index (χ1n) is 7.70. The number of hydrogen-bond donors (Lipinski definition) is 1. The predicted octanol–water partition coefficient (Wildman–Crippen LogP) is 2.06. The topological polar surface area (TPSA) is 65.8 Å². The standard InChI is InChI=1S/C16H21N3O3/c1-12(13-4-5-13)11-17-16(21)19-8-6-18(7-9-19)15(20)14-3-2-10-22-14/h2-3,10-11,13H,4-9H2,1H3,(H,17,21)/b12-11+. The summed E-state index contributed by atoms with van der Waals surface area (Å²) in [5.74, 6) is 0.887. The average molecular weight is 303 g/mol. The molecular formula is C16H21N3O3. The fraction of sp³-hybridized carbons (Fsp3) is 0.500. The summed E-state index contributed by atoms with van der Waals surface area (Å²) >= 11 is 0. The summed E-state index contributed by atoms with van der Waals surface area (Å²) in [6, 6.07) is 3.27. The highest BCUT2D eigenvalue weighted by Gasteiger charge is 2.26. The third-order valence-corrected chi connectivity index (χ3v) is 4.23. The van der Waals surface area contributed by atoms with Gasteiger partial charge in [-0.05, 0) is 37.8 Å². The smallest absolute Gasteiger partial charge is 0.321 e. The van der Waals surface area contributed by atoms with E-state index in [1.807, 2.05) is 6.20 Å². The Bertz CT molecular complexity index is 567. The Morgan fingerprint density at radius 2 is 1.91 bits per heavy atom. The van der Waals surface area contributed by atoms with Crippen molar-refractivity contribution in [3.8, 4) is 0 Å². The first kappa shape index (κ1) is 14.7. The number of carbonyl (C=O) groups is 2. The quantitative estimate of drug-likeness (QED) is 0.929. The molecule has 0 bridgehead atoms. The summed E-state index contributed by atoms with van der Waals surface area (Å²) in [6.07, 6.45) is 5.77. The number of piperazine rings is 1. The summed E-state index contributed by atoms with van der Waals surface area (Å²) in [6.45, 7) is 4.18. The van der Waals surface area contributed by atoms with Gasteiger partial charge in [-0.1, -0.05) is 5.57 Å². The maximum Gasteiger partial charge on any atom is 0.321 e. The summed E-state index contributed by atoms with van der Waals surface area (Å²) in [7, 11) is 0. The minimum Gasteiger partial charge on any atom is -0.459 e. The lowest BCUT2D eigenvalue weighted by Gasteiger charge is -2.34. The van der Waals surface area contributed by atoms with E-state index in [0.29, 0.717) is 37.9 Å². The molecule has 1 N–H and O–H groups in total. The third kappa shape index (κ3) is 3.32. The van der Waals surface area contributed by atoms with Crippen molar-refractivity contribution in [2.24, 2.45) is 5.92 Å². The Labute approximate surface area is 129 Å². The van der Waals surface area contributed by atoms with Gasteiger partial charge in [0, 0.05) is 32.4 Å². The Hall–Kier alpha value is -2.24. The number of allylic oxidation sites excluding steroid dienone is 1. The van der Waals surface area contributed by atoms with Gasteiger partial charge in [0.2, 0.25) is 0 Å². The number of nitrogens with one attached hydrogen (secondary N) is 1. The molecule has 0 unspecified atom stereocenters. The van der Waals surface area contributed by atoms with Crippen molar-refractivity contribution in [3.05, 3.63) is 35.9 Å². The molecule has 0 atom stereocenters. The van der Waals surface area contributed by atoms with Crippen LogP contribution in [0, 0.1) is 5.92 Å². The number of nitrogens with zero attached hydrogens (tertiary/aromatic N) is 2. The number of rotatable bonds is 3. The molecule has 2 fully saturated rings. The van der Waals surface area contributed by atoms with Crippen LogP contribution >= 0.6 is 0 Å². The number of hydrogen-bond acceptors (Lipinski definition) is 3. The average Bonchev–Trinajstić information content (AvgIpc) is 3.26. The minimum atomic E-state index is -0.116. The molecule has 22 heavy (non-hydrogen) atoms. The summed E-state index contributed by atoms with van der Waals surface area (Å²) in [4.78, 5) is 27.7. The van der Waals surface area contributed by atoms with Crippen LogP contribution in [0.25, 0.3) is 0 Å². The summed E-state index contributed by atoms with van der Waals surface area (Å²) < 4.78 is 5.12. The van der Waals surface area contributed by atoms with Gasteiger partial charge in [-0.25, -0.2) is 4.79 Å². The molecule has 1 saturated heterocycles. The molecule has 1 aromatic rings. The van der Waals surface area contributed by atoms with E-state index in [-0.39, 0.29) is 11.9 Å². The van der Waals surface area contributed by atoms with Crippen LogP contribution in [0.3, 0.4) is 0 Å². The van der Waals surface area contributed by atoms with Crippen LogP contribution in [0.4, 0.5) is 4.79 Å². The molecule has 1 aliphatic carbocycles. The highest BCUT2D eigenvalue weighted by molar-refractivity contribution is 5.91. The van der Waals surface area contributed by atoms with Gasteiger partial charge in [0.1, 0.15) is 0 Å². The van der Waals surface area contributed by atoms with E-state index in [1.165, 1.54) is 24.7 Å². The molecule has 1 aliphatic heterocycles. The number of amides is 3. The zero-order valence-electron chi connectivity index (χ0n) is 12.7. The van der Waals surface area contributed by atoms with Crippen LogP contribution in [0.1, 0.15) is 30.3 Å². The van der Waals surface area contributed by atoms with Crippen molar-refractivity contribution >= 4 is 11.9 Å². The second-order valence-electron chi connectivity index (χ2n) is 5.87. The summed E-state index contributed by atoms with van der Waals surface area (Å²) in [5.41, 5.74) is 1.24. The first-order chi connectivity index (χ1) is 10.6. The predicted molar refractivity (Wildman–Crippen MR) is 81.2 cm³/mol. The Morgan fingerprint density at radius 3 is 2.50 bits per heavy atom. The minimum absolute atomic E-state index is 0.0925. The van der Waals surface area contributed by atoms with E-state index in [0.717, 1.165) is 0 Å². The van der Waals surface area contributed by atoms with Gasteiger partial charge >= 0.3 is 6.03 Å². The maximum atomic E-state index is 12.1. The summed E-state index contributed by atoms with van der Waals surface area (Å²) in [5, 5.41) is 2.85. The van der Waals surface area contributed by atoms with E-state index in [4.69, 9.17) is 4.42 Å². The van der Waals surface area contributed by atoms with E-state index in [2.05, 4.69) is 12.2 Å². The number of urea groups is 1. The van der Waals surface area contributed by atoms with E-state index in [1.54, 1.807) is 21.9 Å². The molecule has 0 aromatic carbocycles. The Kier molecular flexibility index (Phi) is 4.18. The molecule has 0 spiro atoms. The number of carbonyl (C=O) groups excluding carboxylic acids is 2. The van der Waals surface area contributed by atoms with Crippen molar-refractivity contribution in [2.45, 2.75) is 19.8 Å². The van der Waals surface area contributed by atoms with Crippen LogP contribution in [0.2, 0.25) is 0 Å². The van der Waals surface area contributed by atoms with Gasteiger partial charge < -0.3 is 19.5 Å². The molecular weight excluding hydrogens is 282 g/mol. The fourth-order valence-corrected chi connectivity index (χ4v) is 2.59. The molecule has 0 radical (unpaired) electrons. The number of furan rings is 1. The van der Waals surface area contributed by atoms with Crippen molar-refractivity contribution in [1.82, 2.24) is 15.1 Å².